The van der Waals surface area contributed by atoms with Gasteiger partial charge in [0.15, 0.2) is 5.82 Å². The van der Waals surface area contributed by atoms with Crippen LogP contribution in [0.3, 0.4) is 0 Å². The zero-order chi connectivity index (χ0) is 11.3. The van der Waals surface area contributed by atoms with Crippen molar-refractivity contribution in [2.24, 2.45) is 5.41 Å². The minimum atomic E-state index is -0.294. The summed E-state index contributed by atoms with van der Waals surface area (Å²) in [4.78, 5) is 4.43. The molecular formula is C11H17N3O2. The first-order chi connectivity index (χ1) is 7.56. The zero-order valence-corrected chi connectivity index (χ0v) is 9.60. The molecule has 1 aliphatic heterocycles. The van der Waals surface area contributed by atoms with Crippen molar-refractivity contribution < 1.29 is 9.63 Å². The number of hydrogen-bond donors (Lipinski definition) is 2. The van der Waals surface area contributed by atoms with E-state index < -0.39 is 0 Å². The van der Waals surface area contributed by atoms with Crippen molar-refractivity contribution in [1.29, 1.82) is 0 Å². The summed E-state index contributed by atoms with van der Waals surface area (Å²) >= 11 is 0. The molecule has 5 heteroatoms. The zero-order valence-electron chi connectivity index (χ0n) is 9.60. The Morgan fingerprint density at radius 3 is 2.81 bits per heavy atom. The van der Waals surface area contributed by atoms with Gasteiger partial charge in [0.05, 0.1) is 12.1 Å². The fourth-order valence-corrected chi connectivity index (χ4v) is 2.34. The minimum Gasteiger partial charge on any atom is -0.392 e. The van der Waals surface area contributed by atoms with Crippen LogP contribution in [-0.4, -0.2) is 27.9 Å². The van der Waals surface area contributed by atoms with Crippen molar-refractivity contribution in [2.45, 2.75) is 44.8 Å². The summed E-state index contributed by atoms with van der Waals surface area (Å²) < 4.78 is 5.26. The molecule has 1 saturated carbocycles. The van der Waals surface area contributed by atoms with Crippen LogP contribution in [0.4, 0.5) is 0 Å². The highest BCUT2D eigenvalue weighted by Crippen LogP contribution is 2.57. The largest absolute Gasteiger partial charge is 0.392 e. The molecule has 2 N–H and O–H groups in total. The molecule has 2 aliphatic rings. The van der Waals surface area contributed by atoms with Crippen molar-refractivity contribution in [3.05, 3.63) is 11.7 Å². The molecule has 2 heterocycles. The van der Waals surface area contributed by atoms with E-state index in [0.29, 0.717) is 30.2 Å². The highest BCUT2D eigenvalue weighted by molar-refractivity contribution is 5.15. The van der Waals surface area contributed by atoms with E-state index in [9.17, 15) is 5.11 Å². The second-order valence-corrected chi connectivity index (χ2v) is 5.59. The fraction of sp³-hybridized carbons (Fsp3) is 0.818. The first kappa shape index (κ1) is 10.2. The fourth-order valence-electron chi connectivity index (χ4n) is 2.34. The topological polar surface area (TPSA) is 71.2 Å². The van der Waals surface area contributed by atoms with Crippen molar-refractivity contribution in [1.82, 2.24) is 15.5 Å². The summed E-state index contributed by atoms with van der Waals surface area (Å²) in [6, 6.07) is 0.0260. The Morgan fingerprint density at radius 1 is 1.50 bits per heavy atom. The number of aromatic nitrogens is 2. The van der Waals surface area contributed by atoms with Crippen LogP contribution >= 0.6 is 0 Å². The van der Waals surface area contributed by atoms with E-state index in [2.05, 4.69) is 29.3 Å². The van der Waals surface area contributed by atoms with Gasteiger partial charge in [-0.15, -0.1) is 0 Å². The Balaban J connectivity index is 1.74. The molecule has 0 radical (unpaired) electrons. The Labute approximate surface area is 94.2 Å². The number of nitrogens with zero attached hydrogens (tertiary/aromatic N) is 2. The molecule has 3 rings (SSSR count). The van der Waals surface area contributed by atoms with E-state index in [4.69, 9.17) is 4.52 Å². The van der Waals surface area contributed by atoms with Gasteiger partial charge in [-0.1, -0.05) is 19.0 Å². The highest BCUT2D eigenvalue weighted by atomic mass is 16.5. The molecule has 0 amide bonds. The van der Waals surface area contributed by atoms with Crippen LogP contribution in [0.2, 0.25) is 0 Å². The van der Waals surface area contributed by atoms with Crippen LogP contribution in [0.1, 0.15) is 50.4 Å². The lowest BCUT2D eigenvalue weighted by molar-refractivity contribution is 0.191. The predicted octanol–water partition coefficient (Wildman–Crippen LogP) is 0.978. The third-order valence-electron chi connectivity index (χ3n) is 3.69. The molecule has 16 heavy (non-hydrogen) atoms. The van der Waals surface area contributed by atoms with E-state index in [1.54, 1.807) is 0 Å². The Bertz CT molecular complexity index is 402. The highest BCUT2D eigenvalue weighted by Gasteiger charge is 2.49. The van der Waals surface area contributed by atoms with Crippen molar-refractivity contribution in [2.75, 3.05) is 6.54 Å². The Morgan fingerprint density at radius 2 is 2.25 bits per heavy atom. The summed E-state index contributed by atoms with van der Waals surface area (Å²) in [5, 5.41) is 16.6. The number of aliphatic hydroxyl groups is 1. The van der Waals surface area contributed by atoms with Gasteiger partial charge < -0.3 is 14.9 Å². The summed E-state index contributed by atoms with van der Waals surface area (Å²) in [6.45, 7) is 5.04. The number of rotatable bonds is 2. The molecule has 0 bridgehead atoms. The first-order valence-corrected chi connectivity index (χ1v) is 5.81. The molecule has 88 valence electrons. The molecule has 2 fully saturated rings. The maximum Gasteiger partial charge on any atom is 0.243 e. The lowest BCUT2D eigenvalue weighted by Gasteiger charge is -2.01. The summed E-state index contributed by atoms with van der Waals surface area (Å²) in [6.07, 6.45) is 1.50. The maximum atomic E-state index is 9.42. The van der Waals surface area contributed by atoms with Crippen molar-refractivity contribution >= 4 is 0 Å². The summed E-state index contributed by atoms with van der Waals surface area (Å²) in [5.41, 5.74) is 0.323. The molecule has 1 saturated heterocycles. The SMILES string of the molecule is CC1(C)CC1c1noc(C2CC(O)CN2)n1. The molecule has 0 spiro atoms. The van der Waals surface area contributed by atoms with Gasteiger partial charge >= 0.3 is 0 Å². The lowest BCUT2D eigenvalue weighted by atomic mass is 10.1. The van der Waals surface area contributed by atoms with E-state index in [1.807, 2.05) is 0 Å². The second-order valence-electron chi connectivity index (χ2n) is 5.59. The average Bonchev–Trinajstić information content (AvgIpc) is 2.67. The molecule has 0 aromatic carbocycles. The lowest BCUT2D eigenvalue weighted by Crippen LogP contribution is -2.15. The summed E-state index contributed by atoms with van der Waals surface area (Å²) in [7, 11) is 0. The third-order valence-corrected chi connectivity index (χ3v) is 3.69. The van der Waals surface area contributed by atoms with Crippen LogP contribution in [-0.2, 0) is 0 Å². The van der Waals surface area contributed by atoms with E-state index in [-0.39, 0.29) is 12.1 Å². The van der Waals surface area contributed by atoms with Gasteiger partial charge in [-0.25, -0.2) is 0 Å². The third kappa shape index (κ3) is 1.64. The van der Waals surface area contributed by atoms with Crippen molar-refractivity contribution in [3.8, 4) is 0 Å². The smallest absolute Gasteiger partial charge is 0.243 e. The van der Waals surface area contributed by atoms with Gasteiger partial charge in [-0.2, -0.15) is 4.98 Å². The normalized spacial score (nSPS) is 36.6. The molecular weight excluding hydrogens is 206 g/mol. The molecule has 3 unspecified atom stereocenters. The molecule has 3 atom stereocenters. The molecule has 1 aromatic heterocycles. The van der Waals surface area contributed by atoms with E-state index >= 15 is 0 Å². The Hall–Kier alpha value is -0.940. The van der Waals surface area contributed by atoms with Gasteiger partial charge in [0.25, 0.3) is 0 Å². The summed E-state index contributed by atoms with van der Waals surface area (Å²) in [5.74, 6) is 1.88. The number of β-amino-alcohol motifs (C(OH)–C–C–N with tert-alkyl or cyclic N) is 1. The van der Waals surface area contributed by atoms with Gasteiger partial charge in [0.1, 0.15) is 0 Å². The van der Waals surface area contributed by atoms with Gasteiger partial charge in [0, 0.05) is 12.5 Å². The van der Waals surface area contributed by atoms with Crippen LogP contribution in [0, 0.1) is 5.41 Å². The predicted molar refractivity (Wildman–Crippen MR) is 56.8 cm³/mol. The van der Waals surface area contributed by atoms with Crippen LogP contribution in [0.25, 0.3) is 0 Å². The van der Waals surface area contributed by atoms with Gasteiger partial charge in [0.2, 0.25) is 5.89 Å². The Kier molecular flexibility index (Phi) is 2.09. The molecule has 5 nitrogen and oxygen atoms in total. The van der Waals surface area contributed by atoms with E-state index in [1.165, 1.54) is 0 Å². The van der Waals surface area contributed by atoms with Crippen LogP contribution < -0.4 is 5.32 Å². The number of hydrogen-bond acceptors (Lipinski definition) is 5. The van der Waals surface area contributed by atoms with Gasteiger partial charge in [-0.05, 0) is 18.3 Å². The monoisotopic (exact) mass is 223 g/mol. The van der Waals surface area contributed by atoms with Crippen LogP contribution in [0.15, 0.2) is 4.52 Å². The number of aliphatic hydroxyl groups excluding tert-OH is 1. The maximum absolute atomic E-state index is 9.42. The number of nitrogens with one attached hydrogen (secondary N) is 1. The first-order valence-electron chi connectivity index (χ1n) is 5.81. The molecule has 1 aromatic rings. The average molecular weight is 223 g/mol. The van der Waals surface area contributed by atoms with Gasteiger partial charge in [-0.3, -0.25) is 0 Å². The second kappa shape index (κ2) is 3.28. The minimum absolute atomic E-state index is 0.0260. The van der Waals surface area contributed by atoms with Crippen molar-refractivity contribution in [3.63, 3.8) is 0 Å². The molecule has 1 aliphatic carbocycles. The van der Waals surface area contributed by atoms with Crippen LogP contribution in [0.5, 0.6) is 0 Å². The van der Waals surface area contributed by atoms with E-state index in [0.717, 1.165) is 12.2 Å². The quantitative estimate of drug-likeness (QED) is 0.782. The standard InChI is InChI=1S/C11H17N3O2/c1-11(2)4-7(11)9-13-10(16-14-9)8-3-6(15)5-12-8/h6-8,12,15H,3-5H2,1-2H3.